The molecule has 1 atom stereocenters. The minimum atomic E-state index is -0.171. The van der Waals surface area contributed by atoms with Crippen LogP contribution in [0.3, 0.4) is 0 Å². The van der Waals surface area contributed by atoms with Crippen molar-refractivity contribution in [3.05, 3.63) is 12.0 Å². The van der Waals surface area contributed by atoms with Crippen LogP contribution in [0.5, 0.6) is 0 Å². The predicted molar refractivity (Wildman–Crippen MR) is 38.7 cm³/mol. The molecule has 0 aromatic carbocycles. The van der Waals surface area contributed by atoms with E-state index in [4.69, 9.17) is 14.2 Å². The first-order valence-electron chi connectivity index (χ1n) is 2.78. The quantitative estimate of drug-likeness (QED) is 0.435. The summed E-state index contributed by atoms with van der Waals surface area (Å²) >= 11 is 0. The molecule has 0 fully saturated rings. The second kappa shape index (κ2) is 5.31. The van der Waals surface area contributed by atoms with Gasteiger partial charge in [0.1, 0.15) is 0 Å². The Balaban J connectivity index is 3.83. The lowest BCUT2D eigenvalue weighted by atomic mass is 10.6. The molecular formula is C6H11O3Si. The van der Waals surface area contributed by atoms with Crippen LogP contribution >= 0.6 is 0 Å². The molecule has 0 N–H and O–H groups in total. The van der Waals surface area contributed by atoms with Gasteiger partial charge in [0.25, 0.3) is 5.95 Å². The molecule has 0 saturated carbocycles. The Morgan fingerprint density at radius 1 is 1.30 bits per heavy atom. The van der Waals surface area contributed by atoms with Gasteiger partial charge in [-0.1, -0.05) is 0 Å². The third kappa shape index (κ3) is 3.52. The van der Waals surface area contributed by atoms with Gasteiger partial charge in [0, 0.05) is 13.2 Å². The van der Waals surface area contributed by atoms with Crippen molar-refractivity contribution in [2.24, 2.45) is 0 Å². The molecule has 0 rings (SSSR count). The predicted octanol–water partition coefficient (Wildman–Crippen LogP) is 0.262. The summed E-state index contributed by atoms with van der Waals surface area (Å²) in [7, 11) is 7.89. The second-order valence-electron chi connectivity index (χ2n) is 1.55. The van der Waals surface area contributed by atoms with Gasteiger partial charge in [0.2, 0.25) is 0 Å². The van der Waals surface area contributed by atoms with Gasteiger partial charge in [-0.05, 0) is 0 Å². The summed E-state index contributed by atoms with van der Waals surface area (Å²) in [6.45, 7) is 0. The monoisotopic (exact) mass is 159 g/mol. The van der Waals surface area contributed by atoms with Crippen LogP contribution in [0.1, 0.15) is 0 Å². The first-order chi connectivity index (χ1) is 4.74. The number of hydrogen-bond donors (Lipinski definition) is 0. The largest absolute Gasteiger partial charge is 0.469 e. The Morgan fingerprint density at radius 3 is 2.10 bits per heavy atom. The summed E-state index contributed by atoms with van der Waals surface area (Å²) in [5.41, 5.74) is -0.171. The first-order valence-corrected chi connectivity index (χ1v) is 3.36. The van der Waals surface area contributed by atoms with Gasteiger partial charge in [0.15, 0.2) is 0 Å². The zero-order valence-electron chi connectivity index (χ0n) is 6.38. The van der Waals surface area contributed by atoms with E-state index in [0.29, 0.717) is 5.95 Å². The van der Waals surface area contributed by atoms with Crippen molar-refractivity contribution in [1.29, 1.82) is 0 Å². The molecule has 0 bridgehead atoms. The summed E-state index contributed by atoms with van der Waals surface area (Å²) in [5, 5.41) is 0. The molecule has 10 heavy (non-hydrogen) atoms. The lowest BCUT2D eigenvalue weighted by Gasteiger charge is -2.06. The summed E-state index contributed by atoms with van der Waals surface area (Å²) in [6, 6.07) is 0. The van der Waals surface area contributed by atoms with Crippen LogP contribution < -0.4 is 0 Å². The Labute approximate surface area is 64.4 Å². The van der Waals surface area contributed by atoms with Crippen LogP contribution in [0.2, 0.25) is 0 Å². The molecule has 0 saturated heterocycles. The molecule has 0 aromatic rings. The van der Waals surface area contributed by atoms with Crippen LogP contribution in [-0.4, -0.2) is 37.3 Å². The van der Waals surface area contributed by atoms with E-state index in [1.165, 1.54) is 14.2 Å². The van der Waals surface area contributed by atoms with Gasteiger partial charge < -0.3 is 14.2 Å². The second-order valence-corrected chi connectivity index (χ2v) is 2.12. The highest BCUT2D eigenvalue weighted by atomic mass is 28.1. The molecule has 0 aliphatic carbocycles. The van der Waals surface area contributed by atoms with Crippen molar-refractivity contribution in [2.45, 2.75) is 5.73 Å². The summed E-state index contributed by atoms with van der Waals surface area (Å²) in [4.78, 5) is 0. The lowest BCUT2D eigenvalue weighted by molar-refractivity contribution is 0.0871. The summed E-state index contributed by atoms with van der Waals surface area (Å²) in [5.74, 6) is 0.432. The van der Waals surface area contributed by atoms with Crippen LogP contribution in [0.15, 0.2) is 12.0 Å². The van der Waals surface area contributed by atoms with Crippen molar-refractivity contribution in [3.63, 3.8) is 0 Å². The minimum absolute atomic E-state index is 0.171. The molecule has 0 spiro atoms. The van der Waals surface area contributed by atoms with E-state index < -0.39 is 0 Å². The fourth-order valence-electron chi connectivity index (χ4n) is 0.411. The van der Waals surface area contributed by atoms with E-state index in [-0.39, 0.29) is 5.73 Å². The molecular weight excluding hydrogens is 148 g/mol. The molecule has 0 heterocycles. The highest BCUT2D eigenvalue weighted by Gasteiger charge is 1.98. The fourth-order valence-corrected chi connectivity index (χ4v) is 0.547. The van der Waals surface area contributed by atoms with Crippen molar-refractivity contribution >= 4 is 10.2 Å². The number of ether oxygens (including phenoxy) is 3. The summed E-state index contributed by atoms with van der Waals surface area (Å²) < 4.78 is 14.5. The molecule has 0 aliphatic heterocycles. The van der Waals surface area contributed by atoms with Gasteiger partial charge in [0.05, 0.1) is 30.2 Å². The average molecular weight is 159 g/mol. The van der Waals surface area contributed by atoms with E-state index in [0.717, 1.165) is 0 Å². The van der Waals surface area contributed by atoms with E-state index >= 15 is 0 Å². The van der Waals surface area contributed by atoms with Crippen LogP contribution in [-0.2, 0) is 14.2 Å². The molecule has 0 aliphatic rings. The van der Waals surface area contributed by atoms with Gasteiger partial charge >= 0.3 is 0 Å². The van der Waals surface area contributed by atoms with Crippen molar-refractivity contribution in [2.75, 3.05) is 21.3 Å². The number of methoxy groups -OCH3 is 3. The van der Waals surface area contributed by atoms with Crippen molar-refractivity contribution in [1.82, 2.24) is 0 Å². The topological polar surface area (TPSA) is 27.7 Å². The van der Waals surface area contributed by atoms with E-state index in [1.54, 1.807) is 13.2 Å². The first kappa shape index (κ1) is 9.52. The average Bonchev–Trinajstić information content (AvgIpc) is 1.99. The molecule has 57 valence electrons. The van der Waals surface area contributed by atoms with Gasteiger partial charge in [-0.2, -0.15) is 0 Å². The lowest BCUT2D eigenvalue weighted by Crippen LogP contribution is -2.08. The Kier molecular flexibility index (Phi) is 5.06. The normalized spacial score (nSPS) is 12.0. The van der Waals surface area contributed by atoms with E-state index in [2.05, 4.69) is 10.2 Å². The molecule has 0 aromatic heterocycles. The molecule has 0 amide bonds. The van der Waals surface area contributed by atoms with Crippen LogP contribution in [0.25, 0.3) is 0 Å². The van der Waals surface area contributed by atoms with Gasteiger partial charge in [-0.3, -0.25) is 0 Å². The van der Waals surface area contributed by atoms with E-state index in [1.807, 2.05) is 0 Å². The Hall–Kier alpha value is -0.483. The zero-order valence-corrected chi connectivity index (χ0v) is 7.38. The fraction of sp³-hybridized carbons (Fsp3) is 0.667. The van der Waals surface area contributed by atoms with Crippen molar-refractivity contribution in [3.8, 4) is 0 Å². The van der Waals surface area contributed by atoms with E-state index in [9.17, 15) is 0 Å². The summed E-state index contributed by atoms with van der Waals surface area (Å²) in [6.07, 6.45) is 1.66. The minimum Gasteiger partial charge on any atom is -0.469 e. The molecule has 1 unspecified atom stereocenters. The molecule has 3 radical (unpaired) electrons. The third-order valence-corrected chi connectivity index (χ3v) is 1.35. The number of rotatable bonds is 4. The highest BCUT2D eigenvalue weighted by molar-refractivity contribution is 6.12. The maximum atomic E-state index is 4.86. The third-order valence-electron chi connectivity index (χ3n) is 0.944. The Bertz CT molecular complexity index is 108. The molecule has 4 heteroatoms. The van der Waals surface area contributed by atoms with Gasteiger partial charge in [-0.25, -0.2) is 0 Å². The Morgan fingerprint density at radius 2 is 1.80 bits per heavy atom. The standard InChI is InChI=1S/C6H11O3Si/c1-7-5(8-2)4-6(10)9-3/h4,6H,1-3H3. The molecule has 3 nitrogen and oxygen atoms in total. The number of hydrogen-bond acceptors (Lipinski definition) is 3. The van der Waals surface area contributed by atoms with Crippen LogP contribution in [0.4, 0.5) is 0 Å². The van der Waals surface area contributed by atoms with Crippen LogP contribution in [0, 0.1) is 0 Å². The zero-order chi connectivity index (χ0) is 7.98. The maximum Gasteiger partial charge on any atom is 0.276 e. The van der Waals surface area contributed by atoms with Gasteiger partial charge in [-0.15, -0.1) is 0 Å². The maximum absolute atomic E-state index is 4.86. The smallest absolute Gasteiger partial charge is 0.276 e. The van der Waals surface area contributed by atoms with Crippen molar-refractivity contribution < 1.29 is 14.2 Å². The SMILES string of the molecule is COC(=CC([Si])OC)OC. The highest BCUT2D eigenvalue weighted by Crippen LogP contribution is 1.97.